The van der Waals surface area contributed by atoms with Crippen molar-refractivity contribution >= 4 is 29.2 Å². The lowest BCUT2D eigenvalue weighted by Crippen LogP contribution is -2.15. The predicted octanol–water partition coefficient (Wildman–Crippen LogP) is 6.86. The third kappa shape index (κ3) is 18.2. The Hall–Kier alpha value is 0.0500. The molecule has 0 aliphatic rings. The molecular weight excluding hydrogens is 331 g/mol. The first-order valence-electron chi connectivity index (χ1n) is 9.56. The number of rotatable bonds is 17. The van der Waals surface area contributed by atoms with Crippen LogP contribution in [-0.2, 0) is 9.53 Å². The first-order valence-corrected chi connectivity index (χ1v) is 10.5. The molecule has 0 aromatic rings. The molecule has 0 heterocycles. The van der Waals surface area contributed by atoms with Gasteiger partial charge in [0, 0.05) is 12.3 Å². The lowest BCUT2D eigenvalue weighted by molar-refractivity contribution is -0.143. The van der Waals surface area contributed by atoms with Gasteiger partial charge in [-0.25, -0.2) is 0 Å². The van der Waals surface area contributed by atoms with E-state index in [9.17, 15) is 4.79 Å². The number of esters is 1. The Kier molecular flexibility index (Phi) is 18.4. The van der Waals surface area contributed by atoms with E-state index in [2.05, 4.69) is 6.92 Å². The molecule has 138 valence electrons. The molecule has 23 heavy (non-hydrogen) atoms. The number of alkyl halides is 2. The molecule has 0 aliphatic carbocycles. The molecule has 2 nitrogen and oxygen atoms in total. The average Bonchev–Trinajstić information content (AvgIpc) is 2.56. The molecule has 0 saturated carbocycles. The molecule has 0 radical (unpaired) electrons. The third-order valence-corrected chi connectivity index (χ3v) is 4.89. The Morgan fingerprint density at radius 1 is 0.826 bits per heavy atom. The highest BCUT2D eigenvalue weighted by Gasteiger charge is 2.07. The molecule has 1 unspecified atom stereocenters. The van der Waals surface area contributed by atoms with E-state index in [4.69, 9.17) is 27.9 Å². The van der Waals surface area contributed by atoms with E-state index in [0.29, 0.717) is 12.3 Å². The molecular formula is C19H36Cl2O2. The van der Waals surface area contributed by atoms with Crippen molar-refractivity contribution in [1.82, 2.24) is 0 Å². The van der Waals surface area contributed by atoms with Gasteiger partial charge in [-0.2, -0.15) is 0 Å². The number of carbonyl (C=O) groups is 1. The van der Waals surface area contributed by atoms with Crippen LogP contribution < -0.4 is 0 Å². The van der Waals surface area contributed by atoms with Gasteiger partial charge < -0.3 is 4.74 Å². The second-order valence-electron chi connectivity index (χ2n) is 6.43. The highest BCUT2D eigenvalue weighted by Crippen LogP contribution is 2.13. The van der Waals surface area contributed by atoms with Crippen LogP contribution in [0.3, 0.4) is 0 Å². The van der Waals surface area contributed by atoms with Crippen molar-refractivity contribution in [2.45, 2.75) is 102 Å². The topological polar surface area (TPSA) is 26.3 Å². The fourth-order valence-electron chi connectivity index (χ4n) is 2.59. The summed E-state index contributed by atoms with van der Waals surface area (Å²) in [6, 6.07) is 0. The molecule has 0 amide bonds. The van der Waals surface area contributed by atoms with Crippen molar-refractivity contribution in [1.29, 1.82) is 0 Å². The SMILES string of the molecule is CCCCCCCCCCCCCCCC(=O)OCC(Cl)CCl. The molecule has 0 rings (SSSR count). The summed E-state index contributed by atoms with van der Waals surface area (Å²) in [6.07, 6.45) is 17.5. The van der Waals surface area contributed by atoms with Gasteiger partial charge in [0.1, 0.15) is 6.61 Å². The molecule has 0 bridgehead atoms. The van der Waals surface area contributed by atoms with Crippen molar-refractivity contribution in [3.8, 4) is 0 Å². The maximum Gasteiger partial charge on any atom is 0.305 e. The zero-order chi connectivity index (χ0) is 17.2. The van der Waals surface area contributed by atoms with E-state index >= 15 is 0 Å². The van der Waals surface area contributed by atoms with Crippen LogP contribution in [0.4, 0.5) is 0 Å². The summed E-state index contributed by atoms with van der Waals surface area (Å²) in [5.74, 6) is 0.164. The van der Waals surface area contributed by atoms with E-state index in [1.54, 1.807) is 0 Å². The first kappa shape index (κ1) is 23.1. The Morgan fingerprint density at radius 2 is 1.26 bits per heavy atom. The largest absolute Gasteiger partial charge is 0.464 e. The second kappa shape index (κ2) is 18.4. The summed E-state index contributed by atoms with van der Waals surface area (Å²) in [7, 11) is 0. The minimum atomic E-state index is -0.271. The Morgan fingerprint density at radius 3 is 1.70 bits per heavy atom. The third-order valence-electron chi connectivity index (χ3n) is 4.08. The summed E-state index contributed by atoms with van der Waals surface area (Å²) < 4.78 is 5.05. The normalized spacial score (nSPS) is 12.3. The Balaban J connectivity index is 3.14. The van der Waals surface area contributed by atoms with Gasteiger partial charge in [0.05, 0.1) is 5.38 Å². The van der Waals surface area contributed by atoms with Gasteiger partial charge >= 0.3 is 5.97 Å². The molecule has 1 atom stereocenters. The second-order valence-corrected chi connectivity index (χ2v) is 7.35. The van der Waals surface area contributed by atoms with Crippen molar-refractivity contribution in [3.63, 3.8) is 0 Å². The number of ether oxygens (including phenoxy) is 1. The summed E-state index contributed by atoms with van der Waals surface area (Å²) in [4.78, 5) is 11.4. The van der Waals surface area contributed by atoms with E-state index in [-0.39, 0.29) is 18.0 Å². The molecule has 0 aromatic carbocycles. The lowest BCUT2D eigenvalue weighted by atomic mass is 10.0. The standard InChI is InChI=1S/C19H36Cl2O2/c1-2-3-4-5-6-7-8-9-10-11-12-13-14-15-19(22)23-17-18(21)16-20/h18H,2-17H2,1H3. The highest BCUT2D eigenvalue weighted by atomic mass is 35.5. The Bertz CT molecular complexity index is 260. The van der Waals surface area contributed by atoms with Gasteiger partial charge in [-0.1, -0.05) is 84.0 Å². The number of hydrogen-bond donors (Lipinski definition) is 0. The molecule has 0 spiro atoms. The Labute approximate surface area is 153 Å². The quantitative estimate of drug-likeness (QED) is 0.159. The van der Waals surface area contributed by atoms with Gasteiger partial charge in [-0.3, -0.25) is 4.79 Å². The zero-order valence-corrected chi connectivity index (χ0v) is 16.5. The van der Waals surface area contributed by atoms with Gasteiger partial charge in [-0.05, 0) is 6.42 Å². The summed E-state index contributed by atoms with van der Waals surface area (Å²) in [5, 5.41) is -0.271. The summed E-state index contributed by atoms with van der Waals surface area (Å²) >= 11 is 11.3. The van der Waals surface area contributed by atoms with Crippen LogP contribution in [0.1, 0.15) is 96.8 Å². The number of carbonyl (C=O) groups excluding carboxylic acids is 1. The van der Waals surface area contributed by atoms with Gasteiger partial charge in [0.25, 0.3) is 0 Å². The fraction of sp³-hybridized carbons (Fsp3) is 0.947. The van der Waals surface area contributed by atoms with Crippen LogP contribution in [0.25, 0.3) is 0 Å². The highest BCUT2D eigenvalue weighted by molar-refractivity contribution is 6.28. The maximum atomic E-state index is 11.4. The maximum absolute atomic E-state index is 11.4. The molecule has 0 aliphatic heterocycles. The minimum absolute atomic E-state index is 0.149. The van der Waals surface area contributed by atoms with Crippen LogP contribution in [-0.4, -0.2) is 23.8 Å². The van der Waals surface area contributed by atoms with Crippen molar-refractivity contribution in [3.05, 3.63) is 0 Å². The monoisotopic (exact) mass is 366 g/mol. The van der Waals surface area contributed by atoms with Gasteiger partial charge in [0.15, 0.2) is 0 Å². The number of unbranched alkanes of at least 4 members (excludes halogenated alkanes) is 12. The fourth-order valence-corrected chi connectivity index (χ4v) is 2.74. The number of hydrogen-bond acceptors (Lipinski definition) is 2. The smallest absolute Gasteiger partial charge is 0.305 e. The molecule has 4 heteroatoms. The van der Waals surface area contributed by atoms with E-state index in [1.165, 1.54) is 70.6 Å². The van der Waals surface area contributed by atoms with Crippen molar-refractivity contribution in [2.75, 3.05) is 12.5 Å². The van der Waals surface area contributed by atoms with Gasteiger partial charge in [-0.15, -0.1) is 23.2 Å². The minimum Gasteiger partial charge on any atom is -0.464 e. The lowest BCUT2D eigenvalue weighted by Gasteiger charge is -2.07. The molecule has 0 saturated heterocycles. The van der Waals surface area contributed by atoms with Crippen LogP contribution in [0.15, 0.2) is 0 Å². The van der Waals surface area contributed by atoms with Crippen molar-refractivity contribution < 1.29 is 9.53 Å². The van der Waals surface area contributed by atoms with Crippen LogP contribution in [0.5, 0.6) is 0 Å². The van der Waals surface area contributed by atoms with Crippen molar-refractivity contribution in [2.24, 2.45) is 0 Å². The van der Waals surface area contributed by atoms with E-state index < -0.39 is 0 Å². The first-order chi connectivity index (χ1) is 11.2. The van der Waals surface area contributed by atoms with Gasteiger partial charge in [0.2, 0.25) is 0 Å². The van der Waals surface area contributed by atoms with Crippen LogP contribution in [0.2, 0.25) is 0 Å². The van der Waals surface area contributed by atoms with Crippen LogP contribution >= 0.6 is 23.2 Å². The molecule has 0 N–H and O–H groups in total. The molecule has 0 fully saturated rings. The summed E-state index contributed by atoms with van der Waals surface area (Å²) in [6.45, 7) is 2.49. The average molecular weight is 367 g/mol. The van der Waals surface area contributed by atoms with Crippen LogP contribution in [0, 0.1) is 0 Å². The van der Waals surface area contributed by atoms with E-state index in [1.807, 2.05) is 0 Å². The predicted molar refractivity (Wildman–Crippen MR) is 102 cm³/mol. The molecule has 0 aromatic heterocycles. The zero-order valence-electron chi connectivity index (χ0n) is 15.0. The number of halogens is 2. The van der Waals surface area contributed by atoms with E-state index in [0.717, 1.165) is 12.8 Å². The summed E-state index contributed by atoms with van der Waals surface area (Å²) in [5.41, 5.74) is 0.